The number of aryl methyl sites for hydroxylation is 1. The van der Waals surface area contributed by atoms with Crippen LogP contribution in [0.5, 0.6) is 0 Å². The van der Waals surface area contributed by atoms with E-state index in [9.17, 15) is 5.11 Å². The maximum absolute atomic E-state index is 12.9. The predicted molar refractivity (Wildman–Crippen MR) is 108 cm³/mol. The molecule has 4 bridgehead atoms. The molecule has 2 aliphatic heterocycles. The highest BCUT2D eigenvalue weighted by Crippen LogP contribution is 2.65. The summed E-state index contributed by atoms with van der Waals surface area (Å²) in [6, 6.07) is 9.04. The quantitative estimate of drug-likeness (QED) is 0.825. The van der Waals surface area contributed by atoms with E-state index < -0.39 is 5.60 Å². The Labute approximate surface area is 164 Å². The molecule has 6 aliphatic rings. The third-order valence-corrected chi connectivity index (χ3v) is 9.55. The van der Waals surface area contributed by atoms with Gasteiger partial charge in [-0.2, -0.15) is 0 Å². The third kappa shape index (κ3) is 2.20. The zero-order valence-electron chi connectivity index (χ0n) is 16.9. The molecule has 7 rings (SSSR count). The largest absolute Gasteiger partial charge is 0.383 e. The Morgan fingerprint density at radius 3 is 2.00 bits per heavy atom. The van der Waals surface area contributed by atoms with Crippen LogP contribution in [0.3, 0.4) is 0 Å². The molecule has 27 heavy (non-hydrogen) atoms. The summed E-state index contributed by atoms with van der Waals surface area (Å²) in [5.41, 5.74) is 1.89. The van der Waals surface area contributed by atoms with Crippen molar-refractivity contribution in [1.29, 1.82) is 0 Å². The number of benzene rings is 1. The molecule has 0 radical (unpaired) electrons. The molecule has 1 unspecified atom stereocenters. The molecule has 2 heterocycles. The van der Waals surface area contributed by atoms with Gasteiger partial charge in [0.2, 0.25) is 0 Å². The number of nitrogens with zero attached hydrogens (tertiary/aromatic N) is 1. The molecule has 1 aromatic carbocycles. The average Bonchev–Trinajstić information content (AvgIpc) is 3.22. The van der Waals surface area contributed by atoms with Crippen molar-refractivity contribution in [1.82, 2.24) is 4.90 Å². The van der Waals surface area contributed by atoms with Crippen LogP contribution in [0.4, 0.5) is 0 Å². The summed E-state index contributed by atoms with van der Waals surface area (Å²) in [5.74, 6) is 3.92. The minimum atomic E-state index is -0.656. The first-order valence-corrected chi connectivity index (χ1v) is 11.6. The van der Waals surface area contributed by atoms with Crippen molar-refractivity contribution in [3.63, 3.8) is 0 Å². The molecule has 6 fully saturated rings. The van der Waals surface area contributed by atoms with Crippen LogP contribution in [-0.4, -0.2) is 28.6 Å². The van der Waals surface area contributed by atoms with E-state index in [4.69, 9.17) is 0 Å². The van der Waals surface area contributed by atoms with Gasteiger partial charge in [-0.15, -0.1) is 0 Å². The predicted octanol–water partition coefficient (Wildman–Crippen LogP) is 4.88. The number of hydrogen-bond acceptors (Lipinski definition) is 2. The highest BCUT2D eigenvalue weighted by atomic mass is 16.3. The number of aliphatic hydroxyl groups is 1. The van der Waals surface area contributed by atoms with Crippen molar-refractivity contribution in [3.8, 4) is 0 Å². The number of rotatable bonds is 3. The van der Waals surface area contributed by atoms with Gasteiger partial charge in [0, 0.05) is 0 Å². The SMILES string of the molecule is Cc1ccc(C(O)(C2C3CC4CC(C3)CC2C4)C23CCCN2CCC3)cc1. The Morgan fingerprint density at radius 2 is 1.44 bits per heavy atom. The van der Waals surface area contributed by atoms with Gasteiger partial charge in [0.15, 0.2) is 0 Å². The van der Waals surface area contributed by atoms with Crippen LogP contribution in [0, 0.1) is 36.5 Å². The normalized spacial score (nSPS) is 41.6. The summed E-state index contributed by atoms with van der Waals surface area (Å²) >= 11 is 0. The fourth-order valence-electron chi connectivity index (χ4n) is 8.91. The molecule has 4 saturated carbocycles. The van der Waals surface area contributed by atoms with Gasteiger partial charge < -0.3 is 5.11 Å². The lowest BCUT2D eigenvalue weighted by Gasteiger charge is -2.62. The van der Waals surface area contributed by atoms with Crippen molar-refractivity contribution < 1.29 is 5.11 Å². The van der Waals surface area contributed by atoms with E-state index in [2.05, 4.69) is 36.1 Å². The lowest BCUT2D eigenvalue weighted by molar-refractivity contribution is -0.201. The van der Waals surface area contributed by atoms with Crippen LogP contribution in [-0.2, 0) is 5.60 Å². The van der Waals surface area contributed by atoms with E-state index in [1.807, 2.05) is 0 Å². The molecule has 0 spiro atoms. The van der Waals surface area contributed by atoms with Gasteiger partial charge in [-0.3, -0.25) is 4.90 Å². The Kier molecular flexibility index (Phi) is 3.68. The monoisotopic (exact) mass is 365 g/mol. The molecule has 1 atom stereocenters. The summed E-state index contributed by atoms with van der Waals surface area (Å²) in [5, 5.41) is 12.9. The minimum Gasteiger partial charge on any atom is -0.383 e. The number of fused-ring (bicyclic) bond motifs is 1. The topological polar surface area (TPSA) is 23.5 Å². The molecule has 0 amide bonds. The van der Waals surface area contributed by atoms with E-state index in [0.29, 0.717) is 5.92 Å². The second-order valence-electron chi connectivity index (χ2n) is 10.8. The van der Waals surface area contributed by atoms with Crippen LogP contribution < -0.4 is 0 Å². The molecule has 0 aromatic heterocycles. The van der Waals surface area contributed by atoms with Crippen molar-refractivity contribution in [2.45, 2.75) is 75.9 Å². The van der Waals surface area contributed by atoms with Gasteiger partial charge in [-0.05, 0) is 113 Å². The van der Waals surface area contributed by atoms with E-state index in [1.54, 1.807) is 0 Å². The standard InChI is InChI=1S/C25H35NO/c1-17-4-6-22(7-5-17)25(27,24-8-2-10-26(24)11-3-9-24)23-20-13-18-12-19(15-20)16-21(23)14-18/h4-7,18-21,23,27H,2-3,8-16H2,1H3. The van der Waals surface area contributed by atoms with Crippen molar-refractivity contribution in [2.24, 2.45) is 29.6 Å². The smallest absolute Gasteiger partial charge is 0.111 e. The van der Waals surface area contributed by atoms with Crippen molar-refractivity contribution >= 4 is 0 Å². The van der Waals surface area contributed by atoms with Crippen molar-refractivity contribution in [2.75, 3.05) is 13.1 Å². The van der Waals surface area contributed by atoms with Gasteiger partial charge in [0.25, 0.3) is 0 Å². The zero-order valence-corrected chi connectivity index (χ0v) is 16.9. The first-order valence-electron chi connectivity index (χ1n) is 11.6. The molecular formula is C25H35NO. The fraction of sp³-hybridized carbons (Fsp3) is 0.760. The Morgan fingerprint density at radius 1 is 0.889 bits per heavy atom. The molecular weight excluding hydrogens is 330 g/mol. The highest BCUT2D eigenvalue weighted by molar-refractivity contribution is 5.34. The maximum Gasteiger partial charge on any atom is 0.111 e. The van der Waals surface area contributed by atoms with Gasteiger partial charge in [0.1, 0.15) is 5.60 Å². The lowest BCUT2D eigenvalue weighted by atomic mass is 9.45. The van der Waals surface area contributed by atoms with Crippen LogP contribution in [0.25, 0.3) is 0 Å². The first-order chi connectivity index (χ1) is 13.1. The number of hydrogen-bond donors (Lipinski definition) is 1. The Balaban J connectivity index is 1.51. The second-order valence-corrected chi connectivity index (χ2v) is 10.8. The van der Waals surface area contributed by atoms with E-state index in [0.717, 1.165) is 23.7 Å². The Hall–Kier alpha value is -0.860. The molecule has 1 N–H and O–H groups in total. The fourth-order valence-corrected chi connectivity index (χ4v) is 8.91. The third-order valence-electron chi connectivity index (χ3n) is 9.55. The van der Waals surface area contributed by atoms with Crippen LogP contribution >= 0.6 is 0 Å². The average molecular weight is 366 g/mol. The summed E-state index contributed by atoms with van der Waals surface area (Å²) in [6.07, 6.45) is 12.0. The van der Waals surface area contributed by atoms with Gasteiger partial charge >= 0.3 is 0 Å². The van der Waals surface area contributed by atoms with Crippen LogP contribution in [0.1, 0.15) is 68.9 Å². The molecule has 4 aliphatic carbocycles. The Bertz CT molecular complexity index is 686. The molecule has 2 saturated heterocycles. The molecule has 146 valence electrons. The highest BCUT2D eigenvalue weighted by Gasteiger charge is 2.66. The minimum absolute atomic E-state index is 0.00228. The second kappa shape index (κ2) is 5.83. The molecule has 2 nitrogen and oxygen atoms in total. The van der Waals surface area contributed by atoms with Crippen LogP contribution in [0.2, 0.25) is 0 Å². The zero-order chi connectivity index (χ0) is 18.2. The van der Waals surface area contributed by atoms with Crippen molar-refractivity contribution in [3.05, 3.63) is 35.4 Å². The molecule has 1 aromatic rings. The van der Waals surface area contributed by atoms with Crippen LogP contribution in [0.15, 0.2) is 24.3 Å². The maximum atomic E-state index is 12.9. The summed E-state index contributed by atoms with van der Waals surface area (Å²) in [7, 11) is 0. The van der Waals surface area contributed by atoms with E-state index in [1.165, 1.54) is 82.0 Å². The van der Waals surface area contributed by atoms with Gasteiger partial charge in [0.05, 0.1) is 5.54 Å². The summed E-state index contributed by atoms with van der Waals surface area (Å²) in [4.78, 5) is 2.71. The van der Waals surface area contributed by atoms with E-state index in [-0.39, 0.29) is 5.54 Å². The van der Waals surface area contributed by atoms with Gasteiger partial charge in [-0.1, -0.05) is 29.8 Å². The molecule has 2 heteroatoms. The van der Waals surface area contributed by atoms with Gasteiger partial charge in [-0.25, -0.2) is 0 Å². The summed E-state index contributed by atoms with van der Waals surface area (Å²) < 4.78 is 0. The first kappa shape index (κ1) is 17.0. The van der Waals surface area contributed by atoms with E-state index >= 15 is 0 Å². The summed E-state index contributed by atoms with van der Waals surface area (Å²) in [6.45, 7) is 4.56. The lowest BCUT2D eigenvalue weighted by Crippen LogP contribution is -2.65.